The molecule has 0 heterocycles. The minimum Gasteiger partial charge on any atom is -0.488 e. The molecule has 28 heavy (non-hydrogen) atoms. The first-order chi connectivity index (χ1) is 13.3. The zero-order valence-electron chi connectivity index (χ0n) is 15.6. The number of rotatable bonds is 9. The van der Waals surface area contributed by atoms with E-state index < -0.39 is 5.41 Å². The third-order valence-electron chi connectivity index (χ3n) is 4.65. The normalized spacial score (nSPS) is 11.6. The van der Waals surface area contributed by atoms with Crippen molar-refractivity contribution in [1.29, 1.82) is 0 Å². The summed E-state index contributed by atoms with van der Waals surface area (Å²) >= 11 is 25.5. The summed E-state index contributed by atoms with van der Waals surface area (Å²) < 4.78 is 10.8. The zero-order chi connectivity index (χ0) is 20.9. The van der Waals surface area contributed by atoms with Crippen LogP contribution in [0.15, 0.2) is 24.3 Å². The summed E-state index contributed by atoms with van der Waals surface area (Å²) in [5, 5.41) is 19.3. The molecule has 0 unspecified atom stereocenters. The van der Waals surface area contributed by atoms with Crippen molar-refractivity contribution in [2.75, 3.05) is 26.4 Å². The Hall–Kier alpha value is -0.880. The molecule has 2 aromatic carbocycles. The Bertz CT molecular complexity index is 716. The number of aliphatic hydroxyl groups is 2. The van der Waals surface area contributed by atoms with E-state index in [1.807, 2.05) is 13.8 Å². The van der Waals surface area contributed by atoms with Crippen LogP contribution in [-0.4, -0.2) is 36.6 Å². The number of aliphatic hydroxyl groups excluding tert-OH is 2. The number of hydrogen-bond donors (Lipinski definition) is 2. The lowest BCUT2D eigenvalue weighted by Gasteiger charge is -2.31. The molecule has 0 aliphatic carbocycles. The van der Waals surface area contributed by atoms with Crippen LogP contribution in [0.1, 0.15) is 31.4 Å². The number of benzene rings is 2. The first kappa shape index (κ1) is 23.4. The summed E-state index contributed by atoms with van der Waals surface area (Å²) in [6.07, 6.45) is 0.722. The number of halogens is 4. The van der Waals surface area contributed by atoms with Gasteiger partial charge >= 0.3 is 0 Å². The Morgan fingerprint density at radius 3 is 1.32 bits per heavy atom. The molecule has 0 aliphatic heterocycles. The molecular weight excluding hydrogens is 446 g/mol. The molecule has 0 aliphatic rings. The minimum atomic E-state index is -0.481. The van der Waals surface area contributed by atoms with Crippen LogP contribution in [0.5, 0.6) is 11.5 Å². The van der Waals surface area contributed by atoms with Crippen molar-refractivity contribution in [2.45, 2.75) is 25.7 Å². The van der Waals surface area contributed by atoms with Crippen LogP contribution < -0.4 is 9.47 Å². The van der Waals surface area contributed by atoms with Gasteiger partial charge in [0.15, 0.2) is 11.5 Å². The summed E-state index contributed by atoms with van der Waals surface area (Å²) in [5.41, 5.74) is 1.26. The molecule has 0 atom stereocenters. The van der Waals surface area contributed by atoms with E-state index in [4.69, 9.17) is 66.1 Å². The van der Waals surface area contributed by atoms with Crippen molar-refractivity contribution in [3.8, 4) is 11.5 Å². The molecular formula is C20H22Cl4O4. The van der Waals surface area contributed by atoms with Crippen molar-refractivity contribution < 1.29 is 19.7 Å². The van der Waals surface area contributed by atoms with Gasteiger partial charge in [0.25, 0.3) is 0 Å². The van der Waals surface area contributed by atoms with E-state index in [2.05, 4.69) is 0 Å². The van der Waals surface area contributed by atoms with E-state index >= 15 is 0 Å². The summed E-state index contributed by atoms with van der Waals surface area (Å²) in [5.74, 6) is 0.673. The molecule has 2 rings (SSSR count). The molecule has 0 aromatic heterocycles. The molecule has 0 radical (unpaired) electrons. The van der Waals surface area contributed by atoms with Crippen LogP contribution in [0.2, 0.25) is 20.1 Å². The second-order valence-corrected chi connectivity index (χ2v) is 8.00. The summed E-state index contributed by atoms with van der Waals surface area (Å²) in [7, 11) is 0. The highest BCUT2D eigenvalue weighted by atomic mass is 35.5. The zero-order valence-corrected chi connectivity index (χ0v) is 18.6. The van der Waals surface area contributed by atoms with Crippen molar-refractivity contribution in [3.63, 3.8) is 0 Å². The van der Waals surface area contributed by atoms with Crippen LogP contribution in [0.3, 0.4) is 0 Å². The summed E-state index contributed by atoms with van der Waals surface area (Å²) in [4.78, 5) is 0. The lowest BCUT2D eigenvalue weighted by molar-refractivity contribution is 0.201. The molecule has 8 heteroatoms. The summed E-state index contributed by atoms with van der Waals surface area (Å²) in [6.45, 7) is 4.01. The maximum absolute atomic E-state index is 8.95. The maximum atomic E-state index is 8.95. The number of ether oxygens (including phenoxy) is 2. The van der Waals surface area contributed by atoms with Crippen molar-refractivity contribution in [1.82, 2.24) is 0 Å². The molecule has 0 saturated heterocycles. The Balaban J connectivity index is 2.50. The van der Waals surface area contributed by atoms with Gasteiger partial charge in [0, 0.05) is 5.41 Å². The standard InChI is InChI=1S/C20H22Cl4O4/c1-3-20(2,12-8-14(21)18(15(22)9-12)27-6-4-25)13-10-16(23)19(17(24)11-13)28-7-5-26/h8-11,25-26H,3-7H2,1-2H3. The SMILES string of the molecule is CCC(C)(c1cc(Cl)c(OCCO)c(Cl)c1)c1cc(Cl)c(OCCO)c(Cl)c1. The van der Waals surface area contributed by atoms with E-state index in [-0.39, 0.29) is 26.4 Å². The monoisotopic (exact) mass is 466 g/mol. The van der Waals surface area contributed by atoms with Gasteiger partial charge in [-0.05, 0) is 41.8 Å². The van der Waals surface area contributed by atoms with E-state index in [0.29, 0.717) is 31.6 Å². The summed E-state index contributed by atoms with van der Waals surface area (Å²) in [6, 6.07) is 7.17. The van der Waals surface area contributed by atoms with Crippen LogP contribution in [0, 0.1) is 0 Å². The molecule has 2 aromatic rings. The molecule has 2 N–H and O–H groups in total. The Morgan fingerprint density at radius 2 is 1.07 bits per heavy atom. The van der Waals surface area contributed by atoms with Gasteiger partial charge in [-0.25, -0.2) is 0 Å². The highest BCUT2D eigenvalue weighted by Gasteiger charge is 2.30. The first-order valence-corrected chi connectivity index (χ1v) is 10.3. The van der Waals surface area contributed by atoms with Crippen LogP contribution in [-0.2, 0) is 5.41 Å². The van der Waals surface area contributed by atoms with Gasteiger partial charge in [0.05, 0.1) is 33.3 Å². The Labute approximate surface area is 184 Å². The van der Waals surface area contributed by atoms with Gasteiger partial charge < -0.3 is 19.7 Å². The fourth-order valence-corrected chi connectivity index (χ4v) is 4.10. The van der Waals surface area contributed by atoms with Gasteiger partial charge in [-0.2, -0.15) is 0 Å². The van der Waals surface area contributed by atoms with Gasteiger partial charge in [0.1, 0.15) is 13.2 Å². The average molecular weight is 468 g/mol. The third-order valence-corrected chi connectivity index (χ3v) is 5.78. The quantitative estimate of drug-likeness (QED) is 0.492. The van der Waals surface area contributed by atoms with Gasteiger partial charge in [-0.1, -0.05) is 60.3 Å². The number of hydrogen-bond acceptors (Lipinski definition) is 4. The van der Waals surface area contributed by atoms with Crippen molar-refractivity contribution in [2.24, 2.45) is 0 Å². The van der Waals surface area contributed by atoms with Crippen LogP contribution in [0.25, 0.3) is 0 Å². The van der Waals surface area contributed by atoms with Crippen molar-refractivity contribution in [3.05, 3.63) is 55.5 Å². The van der Waals surface area contributed by atoms with Gasteiger partial charge in [-0.3, -0.25) is 0 Å². The molecule has 4 nitrogen and oxygen atoms in total. The van der Waals surface area contributed by atoms with E-state index in [1.165, 1.54) is 0 Å². The Kier molecular flexibility index (Phi) is 8.56. The largest absolute Gasteiger partial charge is 0.488 e. The third kappa shape index (κ3) is 4.99. The minimum absolute atomic E-state index is 0.102. The first-order valence-electron chi connectivity index (χ1n) is 8.74. The average Bonchev–Trinajstić information content (AvgIpc) is 2.65. The highest BCUT2D eigenvalue weighted by molar-refractivity contribution is 6.38. The Morgan fingerprint density at radius 1 is 0.750 bits per heavy atom. The second kappa shape index (κ2) is 10.2. The predicted octanol–water partition coefficient (Wildman–Crippen LogP) is 5.76. The van der Waals surface area contributed by atoms with Crippen molar-refractivity contribution >= 4 is 46.4 Å². The second-order valence-electron chi connectivity index (χ2n) is 6.37. The van der Waals surface area contributed by atoms with Crippen LogP contribution >= 0.6 is 46.4 Å². The van der Waals surface area contributed by atoms with E-state index in [0.717, 1.165) is 17.5 Å². The molecule has 0 fully saturated rings. The molecule has 0 spiro atoms. The molecule has 0 saturated carbocycles. The fourth-order valence-electron chi connectivity index (χ4n) is 2.90. The maximum Gasteiger partial charge on any atom is 0.156 e. The predicted molar refractivity (Wildman–Crippen MR) is 115 cm³/mol. The van der Waals surface area contributed by atoms with Crippen LogP contribution in [0.4, 0.5) is 0 Å². The highest BCUT2D eigenvalue weighted by Crippen LogP contribution is 2.45. The topological polar surface area (TPSA) is 58.9 Å². The fraction of sp³-hybridized carbons (Fsp3) is 0.400. The smallest absolute Gasteiger partial charge is 0.156 e. The van der Waals surface area contributed by atoms with Gasteiger partial charge in [-0.15, -0.1) is 0 Å². The van der Waals surface area contributed by atoms with Gasteiger partial charge in [0.2, 0.25) is 0 Å². The van der Waals surface area contributed by atoms with E-state index in [9.17, 15) is 0 Å². The molecule has 154 valence electrons. The van der Waals surface area contributed by atoms with E-state index in [1.54, 1.807) is 24.3 Å². The lowest BCUT2D eigenvalue weighted by Crippen LogP contribution is -2.23. The lowest BCUT2D eigenvalue weighted by atomic mass is 9.74. The molecule has 0 bridgehead atoms. The molecule has 0 amide bonds.